The van der Waals surface area contributed by atoms with E-state index < -0.39 is 0 Å². The number of hydrogen-bond acceptors (Lipinski definition) is 5. The molecule has 3 saturated heterocycles. The van der Waals surface area contributed by atoms with E-state index in [0.717, 1.165) is 48.1 Å². The van der Waals surface area contributed by atoms with E-state index in [1.54, 1.807) is 0 Å². The summed E-state index contributed by atoms with van der Waals surface area (Å²) in [5, 5.41) is 12.3. The van der Waals surface area contributed by atoms with Gasteiger partial charge in [0.1, 0.15) is 0 Å². The van der Waals surface area contributed by atoms with Crippen LogP contribution >= 0.6 is 47.2 Å². The predicted molar refractivity (Wildman–Crippen MR) is 269 cm³/mol. The molecule has 5 fully saturated rings. The number of likely N-dealkylation sites (tertiary alicyclic amines) is 2. The molecule has 3 aliphatic heterocycles. The van der Waals surface area contributed by atoms with Crippen LogP contribution in [0.5, 0.6) is 0 Å². The molecule has 0 amide bonds. The minimum absolute atomic E-state index is 0. The first-order valence-electron chi connectivity index (χ1n) is 23.6. The Labute approximate surface area is 401 Å². The fourth-order valence-corrected chi connectivity index (χ4v) is 11.2. The van der Waals surface area contributed by atoms with Crippen LogP contribution in [0.1, 0.15) is 131 Å². The lowest BCUT2D eigenvalue weighted by molar-refractivity contribution is 0.0479. The third-order valence-corrected chi connectivity index (χ3v) is 15.2. The van der Waals surface area contributed by atoms with E-state index in [1.807, 2.05) is 49.6 Å². The molecule has 338 valence electrons. The summed E-state index contributed by atoms with van der Waals surface area (Å²) in [5.41, 5.74) is 5.93. The van der Waals surface area contributed by atoms with Gasteiger partial charge in [-0.1, -0.05) is 121 Å². The normalized spacial score (nSPS) is 24.0. The lowest BCUT2D eigenvalue weighted by Crippen LogP contribution is -2.48. The topological polar surface area (TPSA) is 45.2 Å². The molecular weight excluding hydrogens is 922 g/mol. The fraction of sp³-hybridized carbons (Fsp3) is 0.556. The second kappa shape index (κ2) is 24.5. The molecule has 4 aromatic carbocycles. The van der Waals surface area contributed by atoms with Crippen LogP contribution in [-0.2, 0) is 20.3 Å². The van der Waals surface area contributed by atoms with Crippen LogP contribution in [0.15, 0.2) is 109 Å². The molecule has 62 heavy (non-hydrogen) atoms. The zero-order valence-corrected chi connectivity index (χ0v) is 41.3. The monoisotopic (exact) mass is 994 g/mol. The molecule has 5 nitrogen and oxygen atoms in total. The van der Waals surface area contributed by atoms with Crippen LogP contribution in [0.3, 0.4) is 0 Å². The van der Waals surface area contributed by atoms with Gasteiger partial charge in [0.05, 0.1) is 18.3 Å². The van der Waals surface area contributed by atoms with Gasteiger partial charge in [-0.15, -0.1) is 24.0 Å². The van der Waals surface area contributed by atoms with Crippen LogP contribution in [0.25, 0.3) is 0 Å². The highest BCUT2D eigenvalue weighted by molar-refractivity contribution is 14.0. The Bertz CT molecular complexity index is 1850. The molecule has 5 aliphatic rings. The summed E-state index contributed by atoms with van der Waals surface area (Å²) in [6, 6.07) is 37.9. The molecule has 3 heterocycles. The zero-order chi connectivity index (χ0) is 42.5. The van der Waals surface area contributed by atoms with Crippen molar-refractivity contribution in [2.45, 2.75) is 126 Å². The summed E-state index contributed by atoms with van der Waals surface area (Å²) in [4.78, 5) is 5.37. The largest absolute Gasteiger partial charge is 0.388 e. The van der Waals surface area contributed by atoms with Gasteiger partial charge in [-0.25, -0.2) is 0 Å². The molecule has 3 unspecified atom stereocenters. The number of methoxy groups -OCH3 is 1. The van der Waals surface area contributed by atoms with Crippen molar-refractivity contribution in [1.29, 1.82) is 0 Å². The molecule has 5 atom stereocenters. The number of piperidine rings is 2. The molecule has 4 aromatic rings. The van der Waals surface area contributed by atoms with E-state index in [1.165, 1.54) is 120 Å². The molecule has 2 aliphatic carbocycles. The summed E-state index contributed by atoms with van der Waals surface area (Å²) in [6.45, 7) is 10.2. The summed E-state index contributed by atoms with van der Waals surface area (Å²) < 4.78 is 11.0. The smallest absolute Gasteiger partial charge is 0.0824 e. The number of aliphatic hydroxyl groups is 1. The number of benzene rings is 4. The lowest BCUT2D eigenvalue weighted by Gasteiger charge is -2.47. The molecular formula is C54H73Cl2IN2O3. The molecule has 1 N–H and O–H groups in total. The van der Waals surface area contributed by atoms with Crippen LogP contribution in [0.2, 0.25) is 10.0 Å². The molecule has 0 aromatic heterocycles. The average Bonchev–Trinajstić information content (AvgIpc) is 3.75. The van der Waals surface area contributed by atoms with Crippen molar-refractivity contribution >= 4 is 47.2 Å². The second-order valence-electron chi connectivity index (χ2n) is 19.1. The van der Waals surface area contributed by atoms with Crippen molar-refractivity contribution in [2.24, 2.45) is 11.8 Å². The van der Waals surface area contributed by atoms with Gasteiger partial charge in [-0.3, -0.25) is 0 Å². The van der Waals surface area contributed by atoms with Crippen LogP contribution < -0.4 is 0 Å². The lowest BCUT2D eigenvalue weighted by atomic mass is 9.64. The first-order valence-corrected chi connectivity index (χ1v) is 24.4. The predicted octanol–water partition coefficient (Wildman–Crippen LogP) is 13.7. The summed E-state index contributed by atoms with van der Waals surface area (Å²) in [7, 11) is 1.85. The highest BCUT2D eigenvalue weighted by Gasteiger charge is 2.42. The number of rotatable bonds is 13. The van der Waals surface area contributed by atoms with Crippen LogP contribution in [-0.4, -0.2) is 74.0 Å². The van der Waals surface area contributed by atoms with E-state index in [0.29, 0.717) is 28.8 Å². The van der Waals surface area contributed by atoms with Gasteiger partial charge < -0.3 is 24.4 Å². The molecule has 9 rings (SSSR count). The highest BCUT2D eigenvalue weighted by Crippen LogP contribution is 2.46. The van der Waals surface area contributed by atoms with E-state index in [2.05, 4.69) is 83.5 Å². The number of hydrogen-bond donors (Lipinski definition) is 1. The third kappa shape index (κ3) is 13.8. The molecule has 0 radical (unpaired) electrons. The van der Waals surface area contributed by atoms with Crippen molar-refractivity contribution < 1.29 is 14.6 Å². The fourth-order valence-electron chi connectivity index (χ4n) is 10.9. The van der Waals surface area contributed by atoms with Crippen molar-refractivity contribution in [3.63, 3.8) is 0 Å². The van der Waals surface area contributed by atoms with Crippen LogP contribution in [0, 0.1) is 11.8 Å². The molecule has 0 bridgehead atoms. The zero-order valence-electron chi connectivity index (χ0n) is 37.5. The Morgan fingerprint density at radius 3 is 1.48 bits per heavy atom. The Hall–Kier alpha value is -2.01. The summed E-state index contributed by atoms with van der Waals surface area (Å²) >= 11 is 12.2. The maximum Gasteiger partial charge on any atom is 0.0824 e. The van der Waals surface area contributed by atoms with E-state index in [4.69, 9.17) is 32.7 Å². The van der Waals surface area contributed by atoms with Gasteiger partial charge in [0, 0.05) is 60.8 Å². The van der Waals surface area contributed by atoms with E-state index >= 15 is 0 Å². The standard InChI is InChI=1S/C25H32ClNO.C24H30ClNO.C5H10O.HI/c1-28-24(21-8-3-2-4-9-21)17-20-7-5-16-27(18-20)19-25(14-6-15-25)22-10-12-23(26)13-11-22;25-22-11-9-21(10-12-22)24(13-5-14-24)18-26-15-4-6-19(17-26)16-23(27)20-7-2-1-3-8-20;1-5-3-2-4-6-5;/h2-4,8-13,20,24H,5-7,14-19H2,1H3;1-3,7-12,19,23,27H,4-6,13-18H2;5H,2-4H2,1H3;1H/t20-,24?;19-,23?;;/m11../s1. The van der Waals surface area contributed by atoms with Gasteiger partial charge >= 0.3 is 0 Å². The van der Waals surface area contributed by atoms with Gasteiger partial charge in [0.25, 0.3) is 0 Å². The van der Waals surface area contributed by atoms with Gasteiger partial charge in [-0.05, 0) is 155 Å². The quantitative estimate of drug-likeness (QED) is 0.135. The highest BCUT2D eigenvalue weighted by atomic mass is 127. The minimum atomic E-state index is -0.343. The number of ether oxygens (including phenoxy) is 2. The molecule has 0 spiro atoms. The third-order valence-electron chi connectivity index (χ3n) is 14.7. The van der Waals surface area contributed by atoms with Crippen molar-refractivity contribution in [2.75, 3.05) is 53.0 Å². The van der Waals surface area contributed by atoms with Gasteiger partial charge in [0.2, 0.25) is 0 Å². The Morgan fingerprint density at radius 1 is 0.629 bits per heavy atom. The van der Waals surface area contributed by atoms with Gasteiger partial charge in [0.15, 0.2) is 0 Å². The summed E-state index contributed by atoms with van der Waals surface area (Å²) in [6.07, 6.45) is 17.9. The Kier molecular flexibility index (Phi) is 19.5. The maximum absolute atomic E-state index is 10.6. The van der Waals surface area contributed by atoms with Crippen molar-refractivity contribution in [3.8, 4) is 0 Å². The van der Waals surface area contributed by atoms with Crippen LogP contribution in [0.4, 0.5) is 0 Å². The minimum Gasteiger partial charge on any atom is -0.388 e. The Balaban J connectivity index is 0.000000180. The number of halogens is 3. The number of aliphatic hydroxyl groups excluding tert-OH is 1. The SMILES string of the molecule is CC1CCCO1.COC(C[C@H]1CCCN(CC2(c3ccc(Cl)cc3)CCC2)C1)c1ccccc1.I.OC(C[C@H]1CCCN(CC2(c3ccc(Cl)cc3)CCC2)C1)c1ccccc1. The summed E-state index contributed by atoms with van der Waals surface area (Å²) in [5.74, 6) is 1.29. The first-order chi connectivity index (χ1) is 29.7. The van der Waals surface area contributed by atoms with E-state index in [-0.39, 0.29) is 36.2 Å². The van der Waals surface area contributed by atoms with Crippen molar-refractivity contribution in [3.05, 3.63) is 141 Å². The first kappa shape index (κ1) is 49.4. The maximum atomic E-state index is 10.6. The molecule has 8 heteroatoms. The van der Waals surface area contributed by atoms with Crippen molar-refractivity contribution in [1.82, 2.24) is 9.80 Å². The van der Waals surface area contributed by atoms with Gasteiger partial charge in [-0.2, -0.15) is 0 Å². The molecule has 2 saturated carbocycles. The second-order valence-corrected chi connectivity index (χ2v) is 20.0. The number of nitrogens with zero attached hydrogens (tertiary/aromatic N) is 2. The Morgan fingerprint density at radius 2 is 1.10 bits per heavy atom. The average molecular weight is 996 g/mol. The van der Waals surface area contributed by atoms with E-state index in [9.17, 15) is 5.11 Å².